The molecule has 0 radical (unpaired) electrons. The molecule has 0 amide bonds. The summed E-state index contributed by atoms with van der Waals surface area (Å²) in [6.07, 6.45) is 5.37. The minimum atomic E-state index is -0.133. The lowest BCUT2D eigenvalue weighted by Crippen LogP contribution is -2.32. The Kier molecular flexibility index (Phi) is 5.35. The number of hydrogen-bond acceptors (Lipinski definition) is 5. The number of phenols is 1. The maximum atomic E-state index is 10.4. The maximum Gasteiger partial charge on any atom is 0.132 e. The Morgan fingerprint density at radius 1 is 1.11 bits per heavy atom. The molecule has 0 bridgehead atoms. The van der Waals surface area contributed by atoms with Crippen LogP contribution in [0, 0.1) is 22.7 Å². The fourth-order valence-corrected chi connectivity index (χ4v) is 2.86. The van der Waals surface area contributed by atoms with E-state index in [1.807, 2.05) is 49.4 Å². The third-order valence-electron chi connectivity index (χ3n) is 4.15. The van der Waals surface area contributed by atoms with E-state index in [1.165, 1.54) is 0 Å². The molecule has 2 aromatic rings. The number of nitrogens with zero attached hydrogens (tertiary/aromatic N) is 3. The standard InChI is InChI=1S/C22H18N4O/c1-15-10-16(13-23)5-3-9-25-22(26-15)20-12-19(7-8-21(20)27)18-6-2-4-17(11-18)14-24/h2-8,10-12,15,27H,9H2,1H3,(H,25,26)/b5-3-,16-10+. The van der Waals surface area contributed by atoms with E-state index in [1.54, 1.807) is 18.2 Å². The maximum absolute atomic E-state index is 10.4. The lowest BCUT2D eigenvalue weighted by Gasteiger charge is -2.16. The molecule has 0 aromatic heterocycles. The molecule has 0 saturated heterocycles. The van der Waals surface area contributed by atoms with Crippen molar-refractivity contribution in [2.24, 2.45) is 4.99 Å². The zero-order valence-corrected chi connectivity index (χ0v) is 14.8. The molecular weight excluding hydrogens is 336 g/mol. The molecule has 132 valence electrons. The first-order valence-electron chi connectivity index (χ1n) is 8.54. The summed E-state index contributed by atoms with van der Waals surface area (Å²) in [5.41, 5.74) is 3.48. The number of aromatic hydroxyl groups is 1. The second kappa shape index (κ2) is 8.03. The van der Waals surface area contributed by atoms with Gasteiger partial charge in [-0.15, -0.1) is 0 Å². The summed E-state index contributed by atoms with van der Waals surface area (Å²) in [6, 6.07) is 16.7. The van der Waals surface area contributed by atoms with Gasteiger partial charge < -0.3 is 10.4 Å². The van der Waals surface area contributed by atoms with Crippen molar-refractivity contribution in [3.05, 3.63) is 77.4 Å². The molecular formula is C22H18N4O. The van der Waals surface area contributed by atoms with Crippen LogP contribution in [-0.2, 0) is 0 Å². The molecule has 2 N–H and O–H groups in total. The molecule has 1 unspecified atom stereocenters. The largest absolute Gasteiger partial charge is 0.507 e. The van der Waals surface area contributed by atoms with Gasteiger partial charge in [-0.3, -0.25) is 4.99 Å². The quantitative estimate of drug-likeness (QED) is 0.860. The number of amidine groups is 1. The number of benzene rings is 2. The first kappa shape index (κ1) is 18.0. The molecule has 0 aliphatic carbocycles. The van der Waals surface area contributed by atoms with Crippen molar-refractivity contribution in [2.75, 3.05) is 6.54 Å². The fourth-order valence-electron chi connectivity index (χ4n) is 2.86. The summed E-state index contributed by atoms with van der Waals surface area (Å²) in [5.74, 6) is 0.666. The molecule has 5 heteroatoms. The van der Waals surface area contributed by atoms with E-state index >= 15 is 0 Å². The molecule has 1 atom stereocenters. The number of aliphatic imine (C=N–C) groups is 1. The Morgan fingerprint density at radius 3 is 2.70 bits per heavy atom. The summed E-state index contributed by atoms with van der Waals surface area (Å²) in [4.78, 5) is 4.53. The number of allylic oxidation sites excluding steroid dienone is 2. The first-order valence-corrected chi connectivity index (χ1v) is 8.54. The normalized spacial score (nSPS) is 19.6. The number of nitrogens with one attached hydrogen (secondary N) is 1. The van der Waals surface area contributed by atoms with Gasteiger partial charge in [0.15, 0.2) is 0 Å². The minimum absolute atomic E-state index is 0.112. The Labute approximate surface area is 158 Å². The van der Waals surface area contributed by atoms with Crippen LogP contribution in [0.2, 0.25) is 0 Å². The fraction of sp³-hybridized carbons (Fsp3) is 0.136. The Balaban J connectivity index is 2.01. The number of hydrogen-bond donors (Lipinski definition) is 2. The molecule has 2 aromatic carbocycles. The van der Waals surface area contributed by atoms with Gasteiger partial charge in [-0.25, -0.2) is 0 Å². The predicted octanol–water partition coefficient (Wildman–Crippen LogP) is 3.68. The molecule has 1 heterocycles. The van der Waals surface area contributed by atoms with E-state index in [4.69, 9.17) is 10.5 Å². The second-order valence-corrected chi connectivity index (χ2v) is 6.18. The third kappa shape index (κ3) is 4.23. The van der Waals surface area contributed by atoms with E-state index < -0.39 is 0 Å². The van der Waals surface area contributed by atoms with Crippen molar-refractivity contribution in [1.29, 1.82) is 10.5 Å². The highest BCUT2D eigenvalue weighted by Crippen LogP contribution is 2.27. The van der Waals surface area contributed by atoms with E-state index in [-0.39, 0.29) is 11.8 Å². The molecule has 0 saturated carbocycles. The molecule has 0 spiro atoms. The summed E-state index contributed by atoms with van der Waals surface area (Å²) in [7, 11) is 0. The van der Waals surface area contributed by atoms with E-state index in [0.717, 1.165) is 11.1 Å². The third-order valence-corrected chi connectivity index (χ3v) is 4.15. The Bertz CT molecular complexity index is 1040. The van der Waals surface area contributed by atoms with Crippen LogP contribution < -0.4 is 5.32 Å². The van der Waals surface area contributed by atoms with Gasteiger partial charge in [0.25, 0.3) is 0 Å². The summed E-state index contributed by atoms with van der Waals surface area (Å²) in [5, 5.41) is 31.9. The zero-order valence-electron chi connectivity index (χ0n) is 14.8. The lowest BCUT2D eigenvalue weighted by atomic mass is 10.00. The van der Waals surface area contributed by atoms with Gasteiger partial charge in [-0.05, 0) is 54.5 Å². The van der Waals surface area contributed by atoms with Crippen LogP contribution in [0.5, 0.6) is 5.75 Å². The zero-order chi connectivity index (χ0) is 19.2. The van der Waals surface area contributed by atoms with Crippen LogP contribution in [0.4, 0.5) is 0 Å². The van der Waals surface area contributed by atoms with E-state index in [2.05, 4.69) is 22.4 Å². The van der Waals surface area contributed by atoms with Crippen LogP contribution in [0.15, 0.2) is 71.3 Å². The lowest BCUT2D eigenvalue weighted by molar-refractivity contribution is 0.473. The van der Waals surface area contributed by atoms with Crippen molar-refractivity contribution in [1.82, 2.24) is 5.32 Å². The van der Waals surface area contributed by atoms with Gasteiger partial charge >= 0.3 is 0 Å². The highest BCUT2D eigenvalue weighted by Gasteiger charge is 2.14. The van der Waals surface area contributed by atoms with Crippen LogP contribution in [0.1, 0.15) is 18.1 Å². The van der Waals surface area contributed by atoms with Gasteiger partial charge in [-0.2, -0.15) is 10.5 Å². The highest BCUT2D eigenvalue weighted by molar-refractivity contribution is 6.02. The average molecular weight is 354 g/mol. The molecule has 0 fully saturated rings. The molecule has 3 rings (SSSR count). The van der Waals surface area contributed by atoms with E-state index in [0.29, 0.717) is 29.1 Å². The van der Waals surface area contributed by atoms with Crippen LogP contribution >= 0.6 is 0 Å². The van der Waals surface area contributed by atoms with Crippen molar-refractivity contribution in [3.8, 4) is 29.0 Å². The van der Waals surface area contributed by atoms with Gasteiger partial charge in [0.1, 0.15) is 11.6 Å². The monoisotopic (exact) mass is 354 g/mol. The number of nitriles is 2. The van der Waals surface area contributed by atoms with Crippen molar-refractivity contribution in [2.45, 2.75) is 13.0 Å². The van der Waals surface area contributed by atoms with Crippen LogP contribution in [-0.4, -0.2) is 23.5 Å². The number of rotatable bonds is 2. The highest BCUT2D eigenvalue weighted by atomic mass is 16.3. The number of phenolic OH excluding ortho intramolecular Hbond substituents is 1. The van der Waals surface area contributed by atoms with Crippen molar-refractivity contribution < 1.29 is 5.11 Å². The molecule has 1 aliphatic heterocycles. The van der Waals surface area contributed by atoms with Gasteiger partial charge in [0.2, 0.25) is 0 Å². The van der Waals surface area contributed by atoms with Crippen molar-refractivity contribution in [3.63, 3.8) is 0 Å². The first-order chi connectivity index (χ1) is 13.1. The van der Waals surface area contributed by atoms with Crippen LogP contribution in [0.25, 0.3) is 11.1 Å². The van der Waals surface area contributed by atoms with Gasteiger partial charge in [0.05, 0.1) is 29.8 Å². The SMILES string of the molecule is CC1/C=C(C#N)\C=C/CN=C(c2cc(-c3cccc(C#N)c3)ccc2O)N1. The molecule has 27 heavy (non-hydrogen) atoms. The minimum Gasteiger partial charge on any atom is -0.507 e. The second-order valence-electron chi connectivity index (χ2n) is 6.18. The van der Waals surface area contributed by atoms with Crippen molar-refractivity contribution >= 4 is 5.84 Å². The topological polar surface area (TPSA) is 92.2 Å². The summed E-state index contributed by atoms with van der Waals surface area (Å²) >= 11 is 0. The smallest absolute Gasteiger partial charge is 0.132 e. The molecule has 5 nitrogen and oxygen atoms in total. The average Bonchev–Trinajstić information content (AvgIpc) is 2.78. The van der Waals surface area contributed by atoms with Gasteiger partial charge in [0, 0.05) is 11.6 Å². The van der Waals surface area contributed by atoms with E-state index in [9.17, 15) is 5.11 Å². The summed E-state index contributed by atoms with van der Waals surface area (Å²) in [6.45, 7) is 2.31. The summed E-state index contributed by atoms with van der Waals surface area (Å²) < 4.78 is 0. The van der Waals surface area contributed by atoms with Crippen LogP contribution in [0.3, 0.4) is 0 Å². The Hall–Kier alpha value is -3.83. The molecule has 1 aliphatic rings. The van der Waals surface area contributed by atoms with Gasteiger partial charge in [-0.1, -0.05) is 24.3 Å². The predicted molar refractivity (Wildman–Crippen MR) is 105 cm³/mol. The Morgan fingerprint density at radius 2 is 1.93 bits per heavy atom.